The Morgan fingerprint density at radius 1 is 1.37 bits per heavy atom. The van der Waals surface area contributed by atoms with Gasteiger partial charge in [-0.1, -0.05) is 43.4 Å². The summed E-state index contributed by atoms with van der Waals surface area (Å²) in [5, 5.41) is 3.69. The fraction of sp³-hybridized carbons (Fsp3) is 0.409. The number of allylic oxidation sites excluding steroid dienone is 3. The van der Waals surface area contributed by atoms with Crippen LogP contribution < -0.4 is 5.32 Å². The molecule has 0 aliphatic heterocycles. The molecule has 27 heavy (non-hydrogen) atoms. The van der Waals surface area contributed by atoms with E-state index in [1.165, 1.54) is 28.2 Å². The molecule has 5 heteroatoms. The molecule has 2 aliphatic carbocycles. The van der Waals surface area contributed by atoms with Gasteiger partial charge in [0, 0.05) is 6.07 Å². The standard InChI is InChI=1S/C22H24F2N2S/c1-12(2)14-5-7-16-20-19(9-13(3)22(16,4)11-14)26-21(27-20)25-18-8-6-15(23)10-17(18)24/h6-8,10,13-14H,1,5,9,11H2,2-4H3,(H,25,26). The quantitative estimate of drug-likeness (QED) is 0.591. The van der Waals surface area contributed by atoms with E-state index in [2.05, 4.69) is 38.7 Å². The Kier molecular flexibility index (Phi) is 4.46. The first-order chi connectivity index (χ1) is 12.8. The minimum absolute atomic E-state index is 0.111. The van der Waals surface area contributed by atoms with Crippen molar-refractivity contribution in [2.75, 3.05) is 5.32 Å². The van der Waals surface area contributed by atoms with Crippen molar-refractivity contribution in [3.63, 3.8) is 0 Å². The van der Waals surface area contributed by atoms with Gasteiger partial charge in [-0.25, -0.2) is 13.8 Å². The number of thiazole rings is 1. The third kappa shape index (κ3) is 3.12. The van der Waals surface area contributed by atoms with Crippen LogP contribution in [0.15, 0.2) is 36.4 Å². The molecule has 2 aromatic rings. The lowest BCUT2D eigenvalue weighted by atomic mass is 9.59. The molecule has 0 saturated heterocycles. The molecule has 0 amide bonds. The number of halogens is 2. The summed E-state index contributed by atoms with van der Waals surface area (Å²) >= 11 is 1.57. The molecule has 3 unspecified atom stereocenters. The summed E-state index contributed by atoms with van der Waals surface area (Å²) in [6, 6.07) is 3.55. The van der Waals surface area contributed by atoms with Gasteiger partial charge >= 0.3 is 0 Å². The zero-order valence-corrected chi connectivity index (χ0v) is 16.7. The van der Waals surface area contributed by atoms with Crippen molar-refractivity contribution in [3.05, 3.63) is 58.6 Å². The first kappa shape index (κ1) is 18.4. The van der Waals surface area contributed by atoms with Gasteiger partial charge in [0.1, 0.15) is 11.6 Å². The highest BCUT2D eigenvalue weighted by Crippen LogP contribution is 2.57. The van der Waals surface area contributed by atoms with Gasteiger partial charge in [0.2, 0.25) is 0 Å². The molecule has 1 aromatic heterocycles. The van der Waals surface area contributed by atoms with E-state index in [1.54, 1.807) is 11.3 Å². The minimum atomic E-state index is -0.609. The molecular formula is C22H24F2N2S. The third-order valence-corrected chi connectivity index (χ3v) is 7.34. The van der Waals surface area contributed by atoms with Gasteiger partial charge in [-0.05, 0) is 61.1 Å². The van der Waals surface area contributed by atoms with Crippen LogP contribution in [0.3, 0.4) is 0 Å². The molecule has 1 N–H and O–H groups in total. The molecule has 0 saturated carbocycles. The first-order valence-electron chi connectivity index (χ1n) is 9.36. The van der Waals surface area contributed by atoms with Crippen molar-refractivity contribution in [2.24, 2.45) is 17.3 Å². The Hall–Kier alpha value is -2.01. The van der Waals surface area contributed by atoms with Gasteiger partial charge in [0.05, 0.1) is 16.3 Å². The lowest BCUT2D eigenvalue weighted by Crippen LogP contribution is -2.36. The van der Waals surface area contributed by atoms with Crippen molar-refractivity contribution < 1.29 is 8.78 Å². The Labute approximate surface area is 163 Å². The zero-order chi connectivity index (χ0) is 19.3. The van der Waals surface area contributed by atoms with E-state index in [0.717, 1.165) is 31.0 Å². The Bertz CT molecular complexity index is 946. The number of hydrogen-bond donors (Lipinski definition) is 1. The van der Waals surface area contributed by atoms with Gasteiger partial charge in [-0.2, -0.15) is 0 Å². The van der Waals surface area contributed by atoms with Gasteiger partial charge in [-0.15, -0.1) is 0 Å². The fourth-order valence-electron chi connectivity index (χ4n) is 4.37. The second-order valence-electron chi connectivity index (χ2n) is 8.17. The van der Waals surface area contributed by atoms with E-state index in [1.807, 2.05) is 0 Å². The van der Waals surface area contributed by atoms with Crippen LogP contribution in [0.4, 0.5) is 19.6 Å². The number of rotatable bonds is 3. The maximum absolute atomic E-state index is 14.0. The number of fused-ring (bicyclic) bond motifs is 3. The average Bonchev–Trinajstić information content (AvgIpc) is 2.99. The summed E-state index contributed by atoms with van der Waals surface area (Å²) in [5.41, 5.74) is 4.06. The third-order valence-electron chi connectivity index (χ3n) is 6.29. The average molecular weight is 387 g/mol. The fourth-order valence-corrected chi connectivity index (χ4v) is 5.55. The zero-order valence-electron chi connectivity index (χ0n) is 15.9. The molecule has 2 aliphatic rings. The molecule has 142 valence electrons. The number of aromatic nitrogens is 1. The second-order valence-corrected chi connectivity index (χ2v) is 9.17. The van der Waals surface area contributed by atoms with Gasteiger partial charge in [-0.3, -0.25) is 0 Å². The normalized spacial score (nSPS) is 26.8. The highest BCUT2D eigenvalue weighted by atomic mass is 32.1. The maximum atomic E-state index is 14.0. The van der Waals surface area contributed by atoms with Crippen LogP contribution in [0.2, 0.25) is 0 Å². The Morgan fingerprint density at radius 2 is 2.15 bits per heavy atom. The molecule has 0 radical (unpaired) electrons. The number of benzene rings is 1. The van der Waals surface area contributed by atoms with E-state index < -0.39 is 11.6 Å². The topological polar surface area (TPSA) is 24.9 Å². The van der Waals surface area contributed by atoms with E-state index in [9.17, 15) is 8.78 Å². The van der Waals surface area contributed by atoms with E-state index in [0.29, 0.717) is 17.0 Å². The van der Waals surface area contributed by atoms with Crippen LogP contribution in [0.25, 0.3) is 5.57 Å². The lowest BCUT2D eigenvalue weighted by Gasteiger charge is -2.46. The molecule has 4 rings (SSSR count). The molecule has 0 spiro atoms. The monoisotopic (exact) mass is 386 g/mol. The highest BCUT2D eigenvalue weighted by molar-refractivity contribution is 7.16. The summed E-state index contributed by atoms with van der Waals surface area (Å²) in [6.07, 6.45) is 5.40. The van der Waals surface area contributed by atoms with Gasteiger partial charge in [0.25, 0.3) is 0 Å². The summed E-state index contributed by atoms with van der Waals surface area (Å²) in [6.45, 7) is 10.9. The van der Waals surface area contributed by atoms with Crippen LogP contribution in [0.1, 0.15) is 44.2 Å². The highest BCUT2D eigenvalue weighted by Gasteiger charge is 2.45. The van der Waals surface area contributed by atoms with Crippen LogP contribution in [0, 0.1) is 28.9 Å². The van der Waals surface area contributed by atoms with Crippen LogP contribution in [0.5, 0.6) is 0 Å². The van der Waals surface area contributed by atoms with E-state index in [-0.39, 0.29) is 11.1 Å². The molecule has 0 fully saturated rings. The van der Waals surface area contributed by atoms with Crippen molar-refractivity contribution in [3.8, 4) is 0 Å². The summed E-state index contributed by atoms with van der Waals surface area (Å²) in [7, 11) is 0. The van der Waals surface area contributed by atoms with E-state index in [4.69, 9.17) is 4.98 Å². The Balaban J connectivity index is 1.69. The van der Waals surface area contributed by atoms with E-state index >= 15 is 0 Å². The van der Waals surface area contributed by atoms with Crippen molar-refractivity contribution >= 4 is 27.7 Å². The molecule has 2 nitrogen and oxygen atoms in total. The number of hydrogen-bond acceptors (Lipinski definition) is 3. The van der Waals surface area contributed by atoms with Gasteiger partial charge in [0.15, 0.2) is 5.13 Å². The van der Waals surface area contributed by atoms with Crippen LogP contribution in [-0.4, -0.2) is 4.98 Å². The number of nitrogens with zero attached hydrogens (tertiary/aromatic N) is 1. The van der Waals surface area contributed by atoms with Crippen molar-refractivity contribution in [1.29, 1.82) is 0 Å². The maximum Gasteiger partial charge on any atom is 0.188 e. The minimum Gasteiger partial charge on any atom is -0.329 e. The SMILES string of the molecule is C=C(C)C1CC=C2c3sc(Nc4ccc(F)cc4F)nc3CC(C)C2(C)C1. The lowest BCUT2D eigenvalue weighted by molar-refractivity contribution is 0.217. The van der Waals surface area contributed by atoms with Gasteiger partial charge < -0.3 is 5.32 Å². The molecular weight excluding hydrogens is 362 g/mol. The van der Waals surface area contributed by atoms with Crippen LogP contribution in [-0.2, 0) is 6.42 Å². The number of nitrogens with one attached hydrogen (secondary N) is 1. The van der Waals surface area contributed by atoms with Crippen molar-refractivity contribution in [2.45, 2.75) is 40.0 Å². The molecule has 1 aromatic carbocycles. The number of anilines is 2. The summed E-state index contributed by atoms with van der Waals surface area (Å²) < 4.78 is 27.1. The first-order valence-corrected chi connectivity index (χ1v) is 10.2. The smallest absolute Gasteiger partial charge is 0.188 e. The van der Waals surface area contributed by atoms with Crippen molar-refractivity contribution in [1.82, 2.24) is 4.98 Å². The molecule has 1 heterocycles. The second kappa shape index (κ2) is 6.55. The predicted molar refractivity (Wildman–Crippen MR) is 108 cm³/mol. The molecule has 0 bridgehead atoms. The summed E-state index contributed by atoms with van der Waals surface area (Å²) in [5.74, 6) is -0.180. The predicted octanol–water partition coefficient (Wildman–Crippen LogP) is 6.73. The largest absolute Gasteiger partial charge is 0.329 e. The molecule has 3 atom stereocenters. The van der Waals surface area contributed by atoms with Crippen LogP contribution >= 0.6 is 11.3 Å². The Morgan fingerprint density at radius 3 is 2.85 bits per heavy atom. The summed E-state index contributed by atoms with van der Waals surface area (Å²) in [4.78, 5) is 5.93.